The van der Waals surface area contributed by atoms with Gasteiger partial charge in [-0.25, -0.2) is 0 Å². The van der Waals surface area contributed by atoms with E-state index in [0.717, 1.165) is 24.6 Å². The lowest BCUT2D eigenvalue weighted by Gasteiger charge is -2.25. The standard InChI is InChI=1S/C16H22F3N/c1-3-11(2)15(10-20-14-7-8-14)12-5-4-6-13(9-12)16(17,18)19/h4-6,9,11,14-15,20H,3,7-8,10H2,1-2H3. The highest BCUT2D eigenvalue weighted by Gasteiger charge is 2.31. The molecule has 0 spiro atoms. The highest BCUT2D eigenvalue weighted by molar-refractivity contribution is 5.29. The fraction of sp³-hybridized carbons (Fsp3) is 0.625. The summed E-state index contributed by atoms with van der Waals surface area (Å²) in [6.45, 7) is 4.96. The van der Waals surface area contributed by atoms with Gasteiger partial charge >= 0.3 is 6.18 Å². The molecule has 1 saturated carbocycles. The van der Waals surface area contributed by atoms with E-state index in [0.29, 0.717) is 12.0 Å². The summed E-state index contributed by atoms with van der Waals surface area (Å²) in [4.78, 5) is 0. The molecule has 1 aliphatic carbocycles. The van der Waals surface area contributed by atoms with Gasteiger partial charge in [-0.15, -0.1) is 0 Å². The predicted molar refractivity (Wildman–Crippen MR) is 74.7 cm³/mol. The number of hydrogen-bond acceptors (Lipinski definition) is 1. The molecule has 0 saturated heterocycles. The molecule has 20 heavy (non-hydrogen) atoms. The fourth-order valence-electron chi connectivity index (χ4n) is 2.46. The minimum absolute atomic E-state index is 0.142. The summed E-state index contributed by atoms with van der Waals surface area (Å²) in [6.07, 6.45) is -0.918. The number of benzene rings is 1. The first-order valence-electron chi connectivity index (χ1n) is 7.32. The average molecular weight is 285 g/mol. The highest BCUT2D eigenvalue weighted by atomic mass is 19.4. The van der Waals surface area contributed by atoms with E-state index in [1.807, 2.05) is 6.07 Å². The monoisotopic (exact) mass is 285 g/mol. The topological polar surface area (TPSA) is 12.0 Å². The molecule has 2 unspecified atom stereocenters. The molecule has 4 heteroatoms. The van der Waals surface area contributed by atoms with Gasteiger partial charge in [-0.2, -0.15) is 13.2 Å². The molecule has 0 bridgehead atoms. The first-order chi connectivity index (χ1) is 9.41. The van der Waals surface area contributed by atoms with Gasteiger partial charge in [0.15, 0.2) is 0 Å². The van der Waals surface area contributed by atoms with Gasteiger partial charge in [0, 0.05) is 12.6 Å². The van der Waals surface area contributed by atoms with Gasteiger partial charge in [0.05, 0.1) is 5.56 Å². The maximum Gasteiger partial charge on any atom is 0.416 e. The van der Waals surface area contributed by atoms with Gasteiger partial charge in [0.25, 0.3) is 0 Å². The normalized spacial score (nSPS) is 18.9. The van der Waals surface area contributed by atoms with Crippen LogP contribution >= 0.6 is 0 Å². The van der Waals surface area contributed by atoms with Crippen LogP contribution in [0.15, 0.2) is 24.3 Å². The Labute approximate surface area is 118 Å². The van der Waals surface area contributed by atoms with Crippen LogP contribution in [0.5, 0.6) is 0 Å². The van der Waals surface area contributed by atoms with Gasteiger partial charge < -0.3 is 5.32 Å². The van der Waals surface area contributed by atoms with Crippen molar-refractivity contribution in [2.45, 2.75) is 51.2 Å². The molecule has 2 atom stereocenters. The van der Waals surface area contributed by atoms with Crippen molar-refractivity contribution in [2.24, 2.45) is 5.92 Å². The van der Waals surface area contributed by atoms with Crippen molar-refractivity contribution in [3.63, 3.8) is 0 Å². The second-order valence-electron chi connectivity index (χ2n) is 5.80. The van der Waals surface area contributed by atoms with Crippen molar-refractivity contribution in [1.29, 1.82) is 0 Å². The molecule has 0 aromatic heterocycles. The van der Waals surface area contributed by atoms with Gasteiger partial charge in [-0.1, -0.05) is 38.5 Å². The molecule has 1 aromatic carbocycles. The van der Waals surface area contributed by atoms with E-state index in [1.54, 1.807) is 0 Å². The summed E-state index contributed by atoms with van der Waals surface area (Å²) >= 11 is 0. The average Bonchev–Trinajstić information content (AvgIpc) is 3.22. The van der Waals surface area contributed by atoms with Gasteiger partial charge in [0.2, 0.25) is 0 Å². The van der Waals surface area contributed by atoms with Crippen molar-refractivity contribution in [3.8, 4) is 0 Å². The SMILES string of the molecule is CCC(C)C(CNC1CC1)c1cccc(C(F)(F)F)c1. The lowest BCUT2D eigenvalue weighted by Crippen LogP contribution is -2.27. The quantitative estimate of drug-likeness (QED) is 0.806. The van der Waals surface area contributed by atoms with E-state index in [1.165, 1.54) is 25.0 Å². The van der Waals surface area contributed by atoms with Crippen molar-refractivity contribution in [3.05, 3.63) is 35.4 Å². The summed E-state index contributed by atoms with van der Waals surface area (Å²) in [7, 11) is 0. The van der Waals surface area contributed by atoms with Gasteiger partial charge in [0.1, 0.15) is 0 Å². The molecular formula is C16H22F3N. The van der Waals surface area contributed by atoms with Crippen molar-refractivity contribution in [2.75, 3.05) is 6.54 Å². The van der Waals surface area contributed by atoms with E-state index in [-0.39, 0.29) is 5.92 Å². The third kappa shape index (κ3) is 3.98. The zero-order valence-electron chi connectivity index (χ0n) is 12.0. The van der Waals surface area contributed by atoms with Crippen LogP contribution in [0.2, 0.25) is 0 Å². The zero-order chi connectivity index (χ0) is 14.8. The molecule has 2 rings (SSSR count). The van der Waals surface area contributed by atoms with Crippen LogP contribution < -0.4 is 5.32 Å². The molecule has 1 nitrogen and oxygen atoms in total. The van der Waals surface area contributed by atoms with Crippen LogP contribution in [0.25, 0.3) is 0 Å². The number of halogens is 3. The minimum Gasteiger partial charge on any atom is -0.313 e. The van der Waals surface area contributed by atoms with Crippen LogP contribution in [0, 0.1) is 5.92 Å². The minimum atomic E-state index is -4.26. The van der Waals surface area contributed by atoms with Crippen LogP contribution in [-0.4, -0.2) is 12.6 Å². The molecule has 112 valence electrons. The third-order valence-corrected chi connectivity index (χ3v) is 4.18. The Hall–Kier alpha value is -1.03. The number of alkyl halides is 3. The Kier molecular flexibility index (Phi) is 4.74. The van der Waals surface area contributed by atoms with E-state index >= 15 is 0 Å². The molecule has 1 aliphatic rings. The van der Waals surface area contributed by atoms with E-state index < -0.39 is 11.7 Å². The highest BCUT2D eigenvalue weighted by Crippen LogP contribution is 2.34. The van der Waals surface area contributed by atoms with Crippen molar-refractivity contribution < 1.29 is 13.2 Å². The van der Waals surface area contributed by atoms with Crippen LogP contribution in [0.3, 0.4) is 0 Å². The molecule has 0 heterocycles. The number of hydrogen-bond donors (Lipinski definition) is 1. The fourth-order valence-corrected chi connectivity index (χ4v) is 2.46. The smallest absolute Gasteiger partial charge is 0.313 e. The number of nitrogens with one attached hydrogen (secondary N) is 1. The molecule has 1 N–H and O–H groups in total. The second kappa shape index (κ2) is 6.17. The number of rotatable bonds is 6. The van der Waals surface area contributed by atoms with Crippen LogP contribution in [0.4, 0.5) is 13.2 Å². The van der Waals surface area contributed by atoms with Crippen molar-refractivity contribution in [1.82, 2.24) is 5.32 Å². The summed E-state index contributed by atoms with van der Waals surface area (Å²) < 4.78 is 38.5. The Bertz CT molecular complexity index is 438. The summed E-state index contributed by atoms with van der Waals surface area (Å²) in [6, 6.07) is 6.37. The first-order valence-corrected chi connectivity index (χ1v) is 7.32. The lowest BCUT2D eigenvalue weighted by atomic mass is 9.85. The largest absolute Gasteiger partial charge is 0.416 e. The van der Waals surface area contributed by atoms with Gasteiger partial charge in [-0.05, 0) is 36.3 Å². The Morgan fingerprint density at radius 2 is 2.00 bits per heavy atom. The maximum atomic E-state index is 12.8. The van der Waals surface area contributed by atoms with Gasteiger partial charge in [-0.3, -0.25) is 0 Å². The Balaban J connectivity index is 2.17. The van der Waals surface area contributed by atoms with Crippen LogP contribution in [0.1, 0.15) is 50.2 Å². The lowest BCUT2D eigenvalue weighted by molar-refractivity contribution is -0.137. The molecule has 1 aromatic rings. The molecule has 1 fully saturated rings. The summed E-state index contributed by atoms with van der Waals surface area (Å²) in [5, 5.41) is 3.45. The first kappa shape index (κ1) is 15.4. The van der Waals surface area contributed by atoms with E-state index in [4.69, 9.17) is 0 Å². The van der Waals surface area contributed by atoms with E-state index in [2.05, 4.69) is 19.2 Å². The van der Waals surface area contributed by atoms with Crippen LogP contribution in [-0.2, 0) is 6.18 Å². The van der Waals surface area contributed by atoms with Crippen molar-refractivity contribution >= 4 is 0 Å². The molecular weight excluding hydrogens is 263 g/mol. The molecule has 0 amide bonds. The summed E-state index contributed by atoms with van der Waals surface area (Å²) in [5.41, 5.74) is 0.247. The Morgan fingerprint density at radius 1 is 1.30 bits per heavy atom. The molecule has 0 aliphatic heterocycles. The predicted octanol–water partition coefficient (Wildman–Crippen LogP) is 4.59. The summed E-state index contributed by atoms with van der Waals surface area (Å²) in [5.74, 6) is 0.507. The third-order valence-electron chi connectivity index (χ3n) is 4.18. The zero-order valence-corrected chi connectivity index (χ0v) is 12.0. The Morgan fingerprint density at radius 3 is 2.55 bits per heavy atom. The second-order valence-corrected chi connectivity index (χ2v) is 5.80. The molecule has 0 radical (unpaired) electrons. The van der Waals surface area contributed by atoms with E-state index in [9.17, 15) is 13.2 Å². The maximum absolute atomic E-state index is 12.8.